The summed E-state index contributed by atoms with van der Waals surface area (Å²) < 4.78 is 5.09. The third-order valence-electron chi connectivity index (χ3n) is 5.39. The van der Waals surface area contributed by atoms with Crippen LogP contribution in [0.5, 0.6) is 0 Å². The second kappa shape index (κ2) is 9.15. The van der Waals surface area contributed by atoms with Crippen molar-refractivity contribution in [1.82, 2.24) is 9.80 Å². The maximum Gasteiger partial charge on any atom is 0.341 e. The van der Waals surface area contributed by atoms with E-state index in [0.717, 1.165) is 62.1 Å². The fourth-order valence-electron chi connectivity index (χ4n) is 3.77. The number of fused-ring (bicyclic) bond motifs is 1. The average molecular weight is 396 g/mol. The van der Waals surface area contributed by atoms with E-state index >= 15 is 0 Å². The molecule has 3 rings (SSSR count). The van der Waals surface area contributed by atoms with Gasteiger partial charge in [0, 0.05) is 31.1 Å². The van der Waals surface area contributed by atoms with Gasteiger partial charge in [-0.05, 0) is 50.0 Å². The Morgan fingerprint density at radius 1 is 1.15 bits per heavy atom. The van der Waals surface area contributed by atoms with Crippen molar-refractivity contribution in [2.24, 2.45) is 0 Å². The van der Waals surface area contributed by atoms with Crippen LogP contribution in [0.25, 0.3) is 0 Å². The van der Waals surface area contributed by atoms with Gasteiger partial charge in [-0.2, -0.15) is 0 Å². The fourth-order valence-corrected chi connectivity index (χ4v) is 5.39. The first-order valence-corrected chi connectivity index (χ1v) is 10.9. The molecule has 0 unspecified atom stereocenters. The summed E-state index contributed by atoms with van der Waals surface area (Å²) in [4.78, 5) is 18.4. The number of hydrogen-bond acceptors (Lipinski definition) is 5. The summed E-state index contributed by atoms with van der Waals surface area (Å²) in [7, 11) is 1.46. The molecule has 7 heteroatoms. The van der Waals surface area contributed by atoms with E-state index in [9.17, 15) is 4.79 Å². The van der Waals surface area contributed by atoms with E-state index < -0.39 is 0 Å². The van der Waals surface area contributed by atoms with Crippen LogP contribution in [0, 0.1) is 0 Å². The van der Waals surface area contributed by atoms with Crippen molar-refractivity contribution in [2.45, 2.75) is 45.4 Å². The Kier molecular flexibility index (Phi) is 6.89. The Hall–Kier alpha value is -1.18. The summed E-state index contributed by atoms with van der Waals surface area (Å²) in [5.74, 6) is -0.246. The predicted octanol–water partition coefficient (Wildman–Crippen LogP) is 3.53. The summed E-state index contributed by atoms with van der Waals surface area (Å²) in [6, 6.07) is 0. The summed E-state index contributed by atoms with van der Waals surface area (Å²) in [6.45, 7) is 7.19. The zero-order chi connectivity index (χ0) is 18.5. The maximum atomic E-state index is 12.5. The van der Waals surface area contributed by atoms with Crippen LogP contribution in [0.1, 0.15) is 53.4 Å². The molecule has 2 aliphatic rings. The average Bonchev–Trinajstić information content (AvgIpc) is 2.97. The molecular weight excluding hydrogens is 366 g/mol. The van der Waals surface area contributed by atoms with Gasteiger partial charge in [-0.1, -0.05) is 19.8 Å². The third kappa shape index (κ3) is 4.38. The van der Waals surface area contributed by atoms with Gasteiger partial charge >= 0.3 is 5.97 Å². The van der Waals surface area contributed by atoms with Crippen LogP contribution >= 0.6 is 23.6 Å². The van der Waals surface area contributed by atoms with Crippen molar-refractivity contribution < 1.29 is 9.53 Å². The summed E-state index contributed by atoms with van der Waals surface area (Å²) >= 11 is 7.35. The van der Waals surface area contributed by atoms with E-state index in [2.05, 4.69) is 22.0 Å². The van der Waals surface area contributed by atoms with E-state index in [1.54, 1.807) is 11.3 Å². The molecule has 1 aromatic heterocycles. The molecule has 0 aromatic carbocycles. The fraction of sp³-hybridized carbons (Fsp3) is 0.684. The summed E-state index contributed by atoms with van der Waals surface area (Å²) in [6.07, 6.45) is 6.84. The molecule has 5 nitrogen and oxygen atoms in total. The molecule has 0 saturated carbocycles. The molecular formula is C19H29N3O2S2. The van der Waals surface area contributed by atoms with Crippen LogP contribution in [-0.4, -0.2) is 60.7 Å². The molecule has 1 aliphatic heterocycles. The number of thiophene rings is 1. The molecule has 1 aliphatic carbocycles. The standard InChI is InChI=1S/C19H29N3O2S2/c1-3-21-10-12-22(13-11-21)19(25)20-17-16(18(23)24-2)14-8-6-4-5-7-9-15(14)26-17/h3-13H2,1-2H3,(H,20,25). The van der Waals surface area contributed by atoms with E-state index in [0.29, 0.717) is 5.56 Å². The minimum Gasteiger partial charge on any atom is -0.465 e. The van der Waals surface area contributed by atoms with Crippen LogP contribution in [0.4, 0.5) is 5.00 Å². The Labute approximate surface area is 165 Å². The van der Waals surface area contributed by atoms with Crippen molar-refractivity contribution >= 4 is 39.6 Å². The molecule has 1 saturated heterocycles. The molecule has 144 valence electrons. The van der Waals surface area contributed by atoms with Crippen molar-refractivity contribution in [3.63, 3.8) is 0 Å². The number of anilines is 1. The lowest BCUT2D eigenvalue weighted by molar-refractivity contribution is 0.0601. The lowest BCUT2D eigenvalue weighted by Crippen LogP contribution is -2.49. The normalized spacial score (nSPS) is 18.6. The largest absolute Gasteiger partial charge is 0.465 e. The second-order valence-electron chi connectivity index (χ2n) is 6.97. The molecule has 0 amide bonds. The van der Waals surface area contributed by atoms with Crippen LogP contribution < -0.4 is 5.32 Å². The Balaban J connectivity index is 1.79. The molecule has 0 spiro atoms. The number of nitrogens with zero attached hydrogens (tertiary/aromatic N) is 2. The van der Waals surface area contributed by atoms with Crippen molar-refractivity contribution in [3.05, 3.63) is 16.0 Å². The molecule has 1 fully saturated rings. The number of aryl methyl sites for hydroxylation is 1. The molecule has 0 atom stereocenters. The van der Waals surface area contributed by atoms with Gasteiger partial charge in [-0.3, -0.25) is 0 Å². The van der Waals surface area contributed by atoms with Gasteiger partial charge in [0.2, 0.25) is 0 Å². The Bertz CT molecular complexity index is 651. The minimum absolute atomic E-state index is 0.246. The van der Waals surface area contributed by atoms with Crippen LogP contribution in [0.15, 0.2) is 0 Å². The van der Waals surface area contributed by atoms with Crippen LogP contribution in [0.2, 0.25) is 0 Å². The highest BCUT2D eigenvalue weighted by Crippen LogP contribution is 2.37. The zero-order valence-corrected chi connectivity index (χ0v) is 17.4. The molecule has 26 heavy (non-hydrogen) atoms. The highest BCUT2D eigenvalue weighted by atomic mass is 32.1. The number of nitrogens with one attached hydrogen (secondary N) is 1. The SMILES string of the molecule is CCN1CCN(C(=S)Nc2sc3c(c2C(=O)OC)CCCCCC3)CC1. The molecule has 2 heterocycles. The molecule has 0 bridgehead atoms. The first-order chi connectivity index (χ1) is 12.6. The van der Waals surface area contributed by atoms with E-state index in [1.807, 2.05) is 0 Å². The number of esters is 1. The maximum absolute atomic E-state index is 12.5. The van der Waals surface area contributed by atoms with Crippen molar-refractivity contribution in [1.29, 1.82) is 0 Å². The van der Waals surface area contributed by atoms with Gasteiger partial charge in [0.05, 0.1) is 12.7 Å². The van der Waals surface area contributed by atoms with Gasteiger partial charge in [0.15, 0.2) is 5.11 Å². The highest BCUT2D eigenvalue weighted by molar-refractivity contribution is 7.80. The van der Waals surface area contributed by atoms with Gasteiger partial charge in [0.25, 0.3) is 0 Å². The first-order valence-electron chi connectivity index (χ1n) is 9.65. The number of thiocarbonyl (C=S) groups is 1. The Morgan fingerprint density at radius 2 is 1.85 bits per heavy atom. The second-order valence-corrected chi connectivity index (χ2v) is 8.46. The van der Waals surface area contributed by atoms with E-state index in [4.69, 9.17) is 17.0 Å². The summed E-state index contributed by atoms with van der Waals surface area (Å²) in [5.41, 5.74) is 1.89. The van der Waals surface area contributed by atoms with Gasteiger partial charge < -0.3 is 19.9 Å². The van der Waals surface area contributed by atoms with Gasteiger partial charge in [-0.25, -0.2) is 4.79 Å². The van der Waals surface area contributed by atoms with Crippen LogP contribution in [0.3, 0.4) is 0 Å². The number of rotatable bonds is 3. The number of carbonyl (C=O) groups is 1. The number of ether oxygens (including phenoxy) is 1. The van der Waals surface area contributed by atoms with E-state index in [-0.39, 0.29) is 5.97 Å². The van der Waals surface area contributed by atoms with Crippen molar-refractivity contribution in [2.75, 3.05) is 45.2 Å². The summed E-state index contributed by atoms with van der Waals surface area (Å²) in [5, 5.41) is 4.97. The number of likely N-dealkylation sites (N-methyl/N-ethyl adjacent to an activating group) is 1. The van der Waals surface area contributed by atoms with Crippen LogP contribution in [-0.2, 0) is 17.6 Å². The highest BCUT2D eigenvalue weighted by Gasteiger charge is 2.26. The topological polar surface area (TPSA) is 44.8 Å². The lowest BCUT2D eigenvalue weighted by atomic mass is 9.96. The van der Waals surface area contributed by atoms with Gasteiger partial charge in [0.1, 0.15) is 5.00 Å². The smallest absolute Gasteiger partial charge is 0.341 e. The lowest BCUT2D eigenvalue weighted by Gasteiger charge is -2.35. The zero-order valence-electron chi connectivity index (χ0n) is 15.8. The Morgan fingerprint density at radius 3 is 2.50 bits per heavy atom. The minimum atomic E-state index is -0.246. The number of carbonyl (C=O) groups excluding carboxylic acids is 1. The number of piperazine rings is 1. The first kappa shape index (κ1) is 19.6. The predicted molar refractivity (Wildman–Crippen MR) is 111 cm³/mol. The third-order valence-corrected chi connectivity index (χ3v) is 6.96. The monoisotopic (exact) mass is 395 g/mol. The molecule has 1 N–H and O–H groups in total. The quantitative estimate of drug-likeness (QED) is 0.624. The number of methoxy groups -OCH3 is 1. The molecule has 1 aromatic rings. The van der Waals surface area contributed by atoms with E-state index in [1.165, 1.54) is 36.8 Å². The number of hydrogen-bond donors (Lipinski definition) is 1. The van der Waals surface area contributed by atoms with Gasteiger partial charge in [-0.15, -0.1) is 11.3 Å². The van der Waals surface area contributed by atoms with Crippen molar-refractivity contribution in [3.8, 4) is 0 Å². The molecule has 0 radical (unpaired) electrons.